The highest BCUT2D eigenvalue weighted by Gasteiger charge is 2.27. The standard InChI is InChI=1S/C21H21N3O2S/c1-14(2)13-24-20(25)16-8-4-3-7-15(16)19(22-24)21(26)23-11-12-27-18-10-6-5-9-17(18)23/h3-10,14H,11-13H2,1-2H3. The average Bonchev–Trinajstić information content (AvgIpc) is 2.69. The predicted octanol–water partition coefficient (Wildman–Crippen LogP) is 3.81. The monoisotopic (exact) mass is 379 g/mol. The van der Waals surface area contributed by atoms with Crippen LogP contribution in [0.25, 0.3) is 10.8 Å². The van der Waals surface area contributed by atoms with Gasteiger partial charge >= 0.3 is 0 Å². The number of fused-ring (bicyclic) bond motifs is 2. The van der Waals surface area contributed by atoms with Crippen LogP contribution in [0.15, 0.2) is 58.2 Å². The van der Waals surface area contributed by atoms with E-state index in [1.807, 2.05) is 50.2 Å². The molecule has 1 aliphatic heterocycles. The van der Waals surface area contributed by atoms with E-state index < -0.39 is 0 Å². The molecule has 5 nitrogen and oxygen atoms in total. The normalized spacial score (nSPS) is 13.8. The number of carbonyl (C=O) groups is 1. The van der Waals surface area contributed by atoms with Gasteiger partial charge < -0.3 is 4.90 Å². The summed E-state index contributed by atoms with van der Waals surface area (Å²) in [5, 5.41) is 5.65. The van der Waals surface area contributed by atoms with E-state index >= 15 is 0 Å². The van der Waals surface area contributed by atoms with E-state index in [9.17, 15) is 9.59 Å². The number of para-hydroxylation sites is 1. The molecule has 3 aromatic rings. The number of benzene rings is 2. The molecule has 0 unspecified atom stereocenters. The van der Waals surface area contributed by atoms with Crippen LogP contribution in [0.3, 0.4) is 0 Å². The first-order valence-corrected chi connectivity index (χ1v) is 10.1. The molecule has 1 amide bonds. The summed E-state index contributed by atoms with van der Waals surface area (Å²) in [5.41, 5.74) is 1.10. The lowest BCUT2D eigenvalue weighted by molar-refractivity contribution is 0.0982. The highest BCUT2D eigenvalue weighted by molar-refractivity contribution is 7.99. The molecule has 1 aliphatic rings. The summed E-state index contributed by atoms with van der Waals surface area (Å²) >= 11 is 1.75. The fourth-order valence-corrected chi connectivity index (χ4v) is 4.37. The van der Waals surface area contributed by atoms with Gasteiger partial charge in [-0.2, -0.15) is 5.10 Å². The van der Waals surface area contributed by atoms with E-state index in [2.05, 4.69) is 5.10 Å². The number of rotatable bonds is 3. The highest BCUT2D eigenvalue weighted by Crippen LogP contribution is 2.35. The minimum absolute atomic E-state index is 0.148. The van der Waals surface area contributed by atoms with Crippen LogP contribution in [0.5, 0.6) is 0 Å². The van der Waals surface area contributed by atoms with Crippen molar-refractivity contribution < 1.29 is 4.79 Å². The Bertz CT molecular complexity index is 1070. The first-order valence-electron chi connectivity index (χ1n) is 9.10. The second-order valence-corrected chi connectivity index (χ2v) is 8.19. The molecule has 0 bridgehead atoms. The van der Waals surface area contributed by atoms with Crippen molar-refractivity contribution in [2.24, 2.45) is 5.92 Å². The van der Waals surface area contributed by atoms with Crippen molar-refractivity contribution in [1.29, 1.82) is 0 Å². The van der Waals surface area contributed by atoms with Crippen molar-refractivity contribution in [2.45, 2.75) is 25.3 Å². The van der Waals surface area contributed by atoms with Crippen LogP contribution >= 0.6 is 11.8 Å². The molecule has 0 atom stereocenters. The molecule has 2 aromatic carbocycles. The van der Waals surface area contributed by atoms with Gasteiger partial charge in [0.2, 0.25) is 0 Å². The molecular formula is C21H21N3O2S. The third-order valence-electron chi connectivity index (χ3n) is 4.58. The van der Waals surface area contributed by atoms with E-state index in [-0.39, 0.29) is 17.4 Å². The number of carbonyl (C=O) groups excluding carboxylic acids is 1. The van der Waals surface area contributed by atoms with Crippen LogP contribution < -0.4 is 10.5 Å². The third kappa shape index (κ3) is 3.25. The van der Waals surface area contributed by atoms with Crippen molar-refractivity contribution in [2.75, 3.05) is 17.2 Å². The van der Waals surface area contributed by atoms with Gasteiger partial charge in [0.25, 0.3) is 11.5 Å². The third-order valence-corrected chi connectivity index (χ3v) is 5.62. The largest absolute Gasteiger partial charge is 0.305 e. The van der Waals surface area contributed by atoms with Gasteiger partial charge in [0.15, 0.2) is 5.69 Å². The van der Waals surface area contributed by atoms with Crippen molar-refractivity contribution in [3.05, 3.63) is 64.6 Å². The Labute approximate surface area is 162 Å². The molecule has 6 heteroatoms. The predicted molar refractivity (Wildman–Crippen MR) is 110 cm³/mol. The molecule has 0 fully saturated rings. The van der Waals surface area contributed by atoms with Gasteiger partial charge in [0.1, 0.15) is 0 Å². The van der Waals surface area contributed by atoms with Gasteiger partial charge in [-0.05, 0) is 24.1 Å². The molecule has 4 rings (SSSR count). The lowest BCUT2D eigenvalue weighted by Crippen LogP contribution is -2.38. The fourth-order valence-electron chi connectivity index (χ4n) is 3.37. The zero-order chi connectivity index (χ0) is 19.0. The van der Waals surface area contributed by atoms with Crippen LogP contribution in [0, 0.1) is 5.92 Å². The molecule has 0 aliphatic carbocycles. The SMILES string of the molecule is CC(C)Cn1nc(C(=O)N2CCSc3ccccc32)c2ccccc2c1=O. The molecule has 0 saturated heterocycles. The van der Waals surface area contributed by atoms with Crippen LogP contribution in [0.2, 0.25) is 0 Å². The average molecular weight is 379 g/mol. The van der Waals surface area contributed by atoms with Crippen LogP contribution in [-0.2, 0) is 6.54 Å². The number of nitrogens with zero attached hydrogens (tertiary/aromatic N) is 3. The molecule has 138 valence electrons. The second kappa shape index (κ2) is 7.19. The van der Waals surface area contributed by atoms with E-state index in [1.54, 1.807) is 28.8 Å². The maximum absolute atomic E-state index is 13.5. The summed E-state index contributed by atoms with van der Waals surface area (Å²) in [5.74, 6) is 0.939. The minimum atomic E-state index is -0.156. The van der Waals surface area contributed by atoms with E-state index in [4.69, 9.17) is 0 Å². The molecule has 0 N–H and O–H groups in total. The molecular weight excluding hydrogens is 358 g/mol. The number of anilines is 1. The van der Waals surface area contributed by atoms with Crippen molar-refractivity contribution >= 4 is 34.1 Å². The summed E-state index contributed by atoms with van der Waals surface area (Å²) in [6.07, 6.45) is 0. The van der Waals surface area contributed by atoms with Crippen LogP contribution in [0.1, 0.15) is 24.3 Å². The van der Waals surface area contributed by atoms with Crippen molar-refractivity contribution in [3.8, 4) is 0 Å². The quantitative estimate of drug-likeness (QED) is 0.694. The molecule has 1 aromatic heterocycles. The maximum atomic E-state index is 13.5. The van der Waals surface area contributed by atoms with Gasteiger partial charge in [-0.15, -0.1) is 11.8 Å². The van der Waals surface area contributed by atoms with Crippen LogP contribution in [0.4, 0.5) is 5.69 Å². The van der Waals surface area contributed by atoms with E-state index in [0.29, 0.717) is 29.6 Å². The molecule has 0 radical (unpaired) electrons. The topological polar surface area (TPSA) is 55.2 Å². The van der Waals surface area contributed by atoms with Crippen molar-refractivity contribution in [3.63, 3.8) is 0 Å². The Balaban J connectivity index is 1.88. The summed E-state index contributed by atoms with van der Waals surface area (Å²) in [6, 6.07) is 15.2. The van der Waals surface area contributed by atoms with Gasteiger partial charge in [0.05, 0.1) is 11.1 Å². The lowest BCUT2D eigenvalue weighted by atomic mass is 10.1. The van der Waals surface area contributed by atoms with Gasteiger partial charge in [-0.1, -0.05) is 44.2 Å². The molecule has 0 saturated carbocycles. The first kappa shape index (κ1) is 17.8. The fraction of sp³-hybridized carbons (Fsp3) is 0.286. The van der Waals surface area contributed by atoms with Gasteiger partial charge in [0, 0.05) is 29.1 Å². The highest BCUT2D eigenvalue weighted by atomic mass is 32.2. The molecule has 27 heavy (non-hydrogen) atoms. The number of hydrogen-bond donors (Lipinski definition) is 0. The first-order chi connectivity index (χ1) is 13.1. The summed E-state index contributed by atoms with van der Waals surface area (Å²) in [6.45, 7) is 5.17. The number of thioether (sulfide) groups is 1. The summed E-state index contributed by atoms with van der Waals surface area (Å²) in [7, 11) is 0. The van der Waals surface area contributed by atoms with Crippen molar-refractivity contribution in [1.82, 2.24) is 9.78 Å². The number of hydrogen-bond acceptors (Lipinski definition) is 4. The molecule has 2 heterocycles. The Hall–Kier alpha value is -2.60. The lowest BCUT2D eigenvalue weighted by Gasteiger charge is -2.29. The zero-order valence-electron chi connectivity index (χ0n) is 15.4. The van der Waals surface area contributed by atoms with Gasteiger partial charge in [-0.25, -0.2) is 4.68 Å². The Morgan fingerprint density at radius 2 is 1.81 bits per heavy atom. The van der Waals surface area contributed by atoms with E-state index in [1.165, 1.54) is 4.68 Å². The molecule has 0 spiro atoms. The number of aromatic nitrogens is 2. The summed E-state index contributed by atoms with van der Waals surface area (Å²) < 4.78 is 1.44. The Morgan fingerprint density at radius 1 is 1.11 bits per heavy atom. The van der Waals surface area contributed by atoms with Gasteiger partial charge in [-0.3, -0.25) is 9.59 Å². The van der Waals surface area contributed by atoms with E-state index in [0.717, 1.165) is 16.3 Å². The maximum Gasteiger partial charge on any atom is 0.279 e. The Morgan fingerprint density at radius 3 is 2.59 bits per heavy atom. The number of amides is 1. The zero-order valence-corrected chi connectivity index (χ0v) is 16.2. The van der Waals surface area contributed by atoms with Crippen LogP contribution in [-0.4, -0.2) is 28.0 Å². The second-order valence-electron chi connectivity index (χ2n) is 7.05. The summed E-state index contributed by atoms with van der Waals surface area (Å²) in [4.78, 5) is 29.1. The smallest absolute Gasteiger partial charge is 0.279 e. The Kier molecular flexibility index (Phi) is 4.74. The minimum Gasteiger partial charge on any atom is -0.305 e.